The van der Waals surface area contributed by atoms with Gasteiger partial charge in [-0.2, -0.15) is 0 Å². The van der Waals surface area contributed by atoms with E-state index in [0.717, 1.165) is 61.3 Å². The number of benzene rings is 2. The van der Waals surface area contributed by atoms with Crippen LogP contribution in [0.3, 0.4) is 0 Å². The number of nitrogens with zero attached hydrogens (tertiary/aromatic N) is 4. The Morgan fingerprint density at radius 2 is 2.03 bits per heavy atom. The first-order valence-corrected chi connectivity index (χ1v) is 12.4. The Morgan fingerprint density at radius 1 is 1.18 bits per heavy atom. The highest BCUT2D eigenvalue weighted by Crippen LogP contribution is 2.32. The number of fused-ring (bicyclic) bond motifs is 1. The third-order valence-electron chi connectivity index (χ3n) is 7.02. The molecule has 1 aromatic heterocycles. The van der Waals surface area contributed by atoms with E-state index in [-0.39, 0.29) is 24.0 Å². The average molecular weight is 486 g/mol. The van der Waals surface area contributed by atoms with Crippen molar-refractivity contribution in [3.05, 3.63) is 58.3 Å². The molecule has 5 rings (SSSR count). The van der Waals surface area contributed by atoms with E-state index in [0.29, 0.717) is 10.0 Å². The van der Waals surface area contributed by atoms with Gasteiger partial charge in [0, 0.05) is 41.4 Å². The summed E-state index contributed by atoms with van der Waals surface area (Å²) in [5, 5.41) is 4.62. The van der Waals surface area contributed by atoms with Crippen LogP contribution in [0.1, 0.15) is 38.3 Å². The second-order valence-corrected chi connectivity index (χ2v) is 9.99. The second kappa shape index (κ2) is 9.16. The highest BCUT2D eigenvalue weighted by Gasteiger charge is 2.33. The molecule has 0 radical (unpaired) electrons. The van der Waals surface area contributed by atoms with E-state index in [1.165, 1.54) is 0 Å². The third kappa shape index (κ3) is 4.32. The average Bonchev–Trinajstić information content (AvgIpc) is 3.48. The molecule has 0 saturated carbocycles. The van der Waals surface area contributed by atoms with Gasteiger partial charge in [-0.05, 0) is 69.1 Å². The summed E-state index contributed by atoms with van der Waals surface area (Å²) >= 11 is 12.6. The van der Waals surface area contributed by atoms with Gasteiger partial charge in [0.1, 0.15) is 0 Å². The zero-order valence-corrected chi connectivity index (χ0v) is 20.5. The number of rotatable bonds is 4. The number of carbonyl (C=O) groups excluding carboxylic acids is 1. The largest absolute Gasteiger partial charge is 0.368 e. The first-order chi connectivity index (χ1) is 15.9. The van der Waals surface area contributed by atoms with E-state index in [1.54, 1.807) is 6.07 Å². The van der Waals surface area contributed by atoms with Gasteiger partial charge in [-0.15, -0.1) is 0 Å². The summed E-state index contributed by atoms with van der Waals surface area (Å²) in [6.45, 7) is 7.58. The highest BCUT2D eigenvalue weighted by atomic mass is 35.5. The van der Waals surface area contributed by atoms with Gasteiger partial charge in [-0.25, -0.2) is 4.98 Å². The van der Waals surface area contributed by atoms with Crippen LogP contribution in [0.5, 0.6) is 0 Å². The van der Waals surface area contributed by atoms with E-state index in [4.69, 9.17) is 23.2 Å². The molecule has 1 N–H and O–H groups in total. The molecule has 0 unspecified atom stereocenters. The minimum absolute atomic E-state index is 0.00844. The number of amides is 1. The van der Waals surface area contributed by atoms with Crippen molar-refractivity contribution >= 4 is 45.8 Å². The normalized spacial score (nSPS) is 22.2. The van der Waals surface area contributed by atoms with Crippen LogP contribution in [0.2, 0.25) is 10.0 Å². The molecule has 2 fully saturated rings. The van der Waals surface area contributed by atoms with Crippen LogP contribution in [-0.2, 0) is 4.79 Å². The second-order valence-electron chi connectivity index (χ2n) is 9.14. The summed E-state index contributed by atoms with van der Waals surface area (Å²) in [5.74, 6) is 0.252. The molecule has 3 atom stereocenters. The van der Waals surface area contributed by atoms with Crippen molar-refractivity contribution in [1.82, 2.24) is 19.8 Å². The molecule has 33 heavy (non-hydrogen) atoms. The van der Waals surface area contributed by atoms with Crippen molar-refractivity contribution in [2.24, 2.45) is 0 Å². The lowest BCUT2D eigenvalue weighted by atomic mass is 10.1. The Labute approximate surface area is 204 Å². The van der Waals surface area contributed by atoms with Gasteiger partial charge >= 0.3 is 0 Å². The Bertz CT molecular complexity index is 1170. The van der Waals surface area contributed by atoms with Gasteiger partial charge in [0.05, 0.1) is 29.4 Å². The van der Waals surface area contributed by atoms with Gasteiger partial charge in [-0.3, -0.25) is 4.79 Å². The van der Waals surface area contributed by atoms with Crippen LogP contribution in [0.25, 0.3) is 11.0 Å². The molecule has 2 aromatic carbocycles. The monoisotopic (exact) mass is 485 g/mol. The molecule has 3 heterocycles. The van der Waals surface area contributed by atoms with Crippen molar-refractivity contribution in [3.8, 4) is 0 Å². The maximum atomic E-state index is 12.9. The van der Waals surface area contributed by atoms with Crippen molar-refractivity contribution in [2.45, 2.75) is 44.8 Å². The number of anilines is 1. The summed E-state index contributed by atoms with van der Waals surface area (Å²) in [7, 11) is 0. The Morgan fingerprint density at radius 3 is 2.76 bits per heavy atom. The van der Waals surface area contributed by atoms with Gasteiger partial charge in [0.15, 0.2) is 0 Å². The van der Waals surface area contributed by atoms with Gasteiger partial charge < -0.3 is 19.7 Å². The number of nitrogens with one attached hydrogen (secondary N) is 1. The summed E-state index contributed by atoms with van der Waals surface area (Å²) in [6, 6.07) is 12.2. The van der Waals surface area contributed by atoms with Crippen molar-refractivity contribution in [3.63, 3.8) is 0 Å². The number of hydrogen-bond donors (Lipinski definition) is 1. The smallest absolute Gasteiger partial charge is 0.240 e. The highest BCUT2D eigenvalue weighted by molar-refractivity contribution is 6.35. The molecule has 3 aromatic rings. The third-order valence-corrected chi connectivity index (χ3v) is 7.58. The number of carbonyl (C=O) groups is 1. The first-order valence-electron chi connectivity index (χ1n) is 11.6. The molecule has 8 heteroatoms. The van der Waals surface area contributed by atoms with Crippen molar-refractivity contribution < 1.29 is 4.79 Å². The quantitative estimate of drug-likeness (QED) is 0.579. The fourth-order valence-corrected chi connectivity index (χ4v) is 5.69. The molecule has 2 aliphatic heterocycles. The molecule has 1 amide bonds. The topological polar surface area (TPSA) is 53.4 Å². The summed E-state index contributed by atoms with van der Waals surface area (Å²) < 4.78 is 2.16. The van der Waals surface area contributed by atoms with Crippen molar-refractivity contribution in [2.75, 3.05) is 31.1 Å². The lowest BCUT2D eigenvalue weighted by molar-refractivity contribution is -0.135. The van der Waals surface area contributed by atoms with Crippen LogP contribution >= 0.6 is 23.2 Å². The van der Waals surface area contributed by atoms with Crippen LogP contribution in [0.15, 0.2) is 42.7 Å². The van der Waals surface area contributed by atoms with E-state index in [9.17, 15) is 4.79 Å². The van der Waals surface area contributed by atoms with Crippen molar-refractivity contribution in [1.29, 1.82) is 0 Å². The van der Waals surface area contributed by atoms with E-state index in [2.05, 4.69) is 51.8 Å². The van der Waals surface area contributed by atoms with Gasteiger partial charge in [0.25, 0.3) is 0 Å². The maximum Gasteiger partial charge on any atom is 0.240 e. The predicted octanol–water partition coefficient (Wildman–Crippen LogP) is 4.74. The molecule has 174 valence electrons. The SMILES string of the molecule is C[C@H](c1ccc(Cl)cc1Cl)n1cnc2ccc(N3CCN(C(=O)[C@H]4CCCN4)[C@@H](C)C3)cc21. The molecular weight excluding hydrogens is 457 g/mol. The van der Waals surface area contributed by atoms with Crippen LogP contribution in [-0.4, -0.2) is 58.6 Å². The van der Waals surface area contributed by atoms with Crippen LogP contribution in [0.4, 0.5) is 5.69 Å². The number of piperazine rings is 1. The van der Waals surface area contributed by atoms with E-state index >= 15 is 0 Å². The molecule has 0 aliphatic carbocycles. The van der Waals surface area contributed by atoms with Gasteiger partial charge in [0.2, 0.25) is 5.91 Å². The standard InChI is InChI=1S/C25H29Cl2N5O/c1-16-14-30(10-11-31(16)25(33)23-4-3-9-28-23)19-6-8-22-24(13-19)32(15-29-22)17(2)20-7-5-18(26)12-21(20)27/h5-8,12-13,15-17,23,28H,3-4,9-11,14H2,1-2H3/t16-,17+,23+/m0/s1. The van der Waals surface area contributed by atoms with Crippen LogP contribution < -0.4 is 10.2 Å². The molecule has 2 aliphatic rings. The molecule has 0 spiro atoms. The zero-order chi connectivity index (χ0) is 23.1. The number of imidazole rings is 1. The molecule has 0 bridgehead atoms. The van der Waals surface area contributed by atoms with E-state index in [1.807, 2.05) is 23.4 Å². The molecule has 6 nitrogen and oxygen atoms in total. The Balaban J connectivity index is 1.37. The lowest BCUT2D eigenvalue weighted by Crippen LogP contribution is -2.57. The number of aromatic nitrogens is 2. The number of hydrogen-bond acceptors (Lipinski definition) is 4. The summed E-state index contributed by atoms with van der Waals surface area (Å²) in [4.78, 5) is 21.9. The molecule has 2 saturated heterocycles. The maximum absolute atomic E-state index is 12.9. The first kappa shape index (κ1) is 22.5. The lowest BCUT2D eigenvalue weighted by Gasteiger charge is -2.42. The fourth-order valence-electron chi connectivity index (χ4n) is 5.12. The van der Waals surface area contributed by atoms with Crippen LogP contribution in [0, 0.1) is 0 Å². The molecular formula is C25H29Cl2N5O. The predicted molar refractivity (Wildman–Crippen MR) is 134 cm³/mol. The summed E-state index contributed by atoms with van der Waals surface area (Å²) in [5.41, 5.74) is 4.17. The zero-order valence-electron chi connectivity index (χ0n) is 19.0. The van der Waals surface area contributed by atoms with Gasteiger partial charge in [-0.1, -0.05) is 29.3 Å². The fraction of sp³-hybridized carbons (Fsp3) is 0.440. The Hall–Kier alpha value is -2.28. The summed E-state index contributed by atoms with van der Waals surface area (Å²) in [6.07, 6.45) is 3.90. The minimum Gasteiger partial charge on any atom is -0.368 e. The minimum atomic E-state index is -0.00844. The number of halogens is 2. The Kier molecular flexibility index (Phi) is 6.25. The van der Waals surface area contributed by atoms with E-state index < -0.39 is 0 Å².